The first-order valence-electron chi connectivity index (χ1n) is 12.4. The molecule has 10 nitrogen and oxygen atoms in total. The maximum Gasteiger partial charge on any atom is 0.254 e. The van der Waals surface area contributed by atoms with Gasteiger partial charge in [0.2, 0.25) is 11.9 Å². The van der Waals surface area contributed by atoms with Crippen molar-refractivity contribution >= 4 is 29.4 Å². The van der Waals surface area contributed by atoms with E-state index < -0.39 is 0 Å². The smallest absolute Gasteiger partial charge is 0.254 e. The van der Waals surface area contributed by atoms with Crippen molar-refractivity contribution in [3.63, 3.8) is 0 Å². The van der Waals surface area contributed by atoms with Crippen LogP contribution in [0.4, 0.5) is 5.95 Å². The van der Waals surface area contributed by atoms with Crippen LogP contribution in [0.5, 0.6) is 0 Å². The van der Waals surface area contributed by atoms with E-state index in [9.17, 15) is 9.59 Å². The Morgan fingerprint density at radius 1 is 1.27 bits per heavy atom. The van der Waals surface area contributed by atoms with Gasteiger partial charge in [-0.3, -0.25) is 14.3 Å². The first kappa shape index (κ1) is 25.2. The molecule has 11 heteroatoms. The molecule has 194 valence electrons. The van der Waals surface area contributed by atoms with Gasteiger partial charge in [0.05, 0.1) is 28.6 Å². The van der Waals surface area contributed by atoms with Crippen molar-refractivity contribution < 1.29 is 14.3 Å². The molecule has 4 heterocycles. The van der Waals surface area contributed by atoms with E-state index in [-0.39, 0.29) is 30.4 Å². The van der Waals surface area contributed by atoms with Gasteiger partial charge in [0, 0.05) is 49.7 Å². The van der Waals surface area contributed by atoms with Crippen LogP contribution in [0.25, 0.3) is 11.3 Å². The number of hydrogen-bond donors (Lipinski definition) is 2. The number of aromatic nitrogens is 4. The lowest BCUT2D eigenvalue weighted by atomic mass is 10.0. The summed E-state index contributed by atoms with van der Waals surface area (Å²) in [5.41, 5.74) is 4.47. The molecule has 5 rings (SSSR count). The van der Waals surface area contributed by atoms with Crippen molar-refractivity contribution in [1.82, 2.24) is 30.0 Å². The van der Waals surface area contributed by atoms with Gasteiger partial charge in [0.15, 0.2) is 0 Å². The van der Waals surface area contributed by atoms with Gasteiger partial charge in [-0.25, -0.2) is 9.97 Å². The highest BCUT2D eigenvalue weighted by Gasteiger charge is 2.30. The molecule has 0 radical (unpaired) electrons. The van der Waals surface area contributed by atoms with Crippen LogP contribution in [0, 0.1) is 6.92 Å². The first-order valence-corrected chi connectivity index (χ1v) is 12.8. The number of anilines is 1. The van der Waals surface area contributed by atoms with E-state index in [1.807, 2.05) is 39.1 Å². The van der Waals surface area contributed by atoms with Crippen molar-refractivity contribution in [3.8, 4) is 11.3 Å². The number of hydrogen-bond acceptors (Lipinski definition) is 7. The quantitative estimate of drug-likeness (QED) is 0.488. The van der Waals surface area contributed by atoms with Gasteiger partial charge in [-0.15, -0.1) is 0 Å². The Labute approximate surface area is 220 Å². The van der Waals surface area contributed by atoms with E-state index in [0.29, 0.717) is 42.0 Å². The third-order valence-corrected chi connectivity index (χ3v) is 7.13. The summed E-state index contributed by atoms with van der Waals surface area (Å²) < 4.78 is 7.18. The van der Waals surface area contributed by atoms with E-state index in [2.05, 4.69) is 25.7 Å². The van der Waals surface area contributed by atoms with Gasteiger partial charge < -0.3 is 20.3 Å². The van der Waals surface area contributed by atoms with Crippen LogP contribution in [0.15, 0.2) is 30.5 Å². The van der Waals surface area contributed by atoms with E-state index in [1.165, 1.54) is 0 Å². The Morgan fingerprint density at radius 2 is 2.05 bits per heavy atom. The predicted molar refractivity (Wildman–Crippen MR) is 139 cm³/mol. The standard InChI is InChI=1S/C26H30ClN7O3/c1-15-10-22(32-33(15)3)16(2)29-23(35)14-34-13-18-5-4-17(11-20(18)25(34)36)24-21(27)12-28-26(31-24)30-19-6-8-37-9-7-19/h4-5,10-12,16,19H,6-9,13-14H2,1-3H3,(H,29,35)(H,28,30,31)/t16-/m1/s1. The van der Waals surface area contributed by atoms with Crippen molar-refractivity contribution in [2.75, 3.05) is 25.1 Å². The maximum absolute atomic E-state index is 13.2. The molecule has 1 saturated heterocycles. The van der Waals surface area contributed by atoms with Crippen molar-refractivity contribution in [2.24, 2.45) is 7.05 Å². The number of fused-ring (bicyclic) bond motifs is 1. The Balaban J connectivity index is 1.27. The number of benzene rings is 1. The molecule has 2 amide bonds. The lowest BCUT2D eigenvalue weighted by Crippen LogP contribution is -2.38. The van der Waals surface area contributed by atoms with Crippen LogP contribution in [0.1, 0.15) is 53.1 Å². The number of nitrogens with zero attached hydrogens (tertiary/aromatic N) is 5. The molecule has 1 atom stereocenters. The summed E-state index contributed by atoms with van der Waals surface area (Å²) in [4.78, 5) is 36.4. The molecule has 37 heavy (non-hydrogen) atoms. The minimum absolute atomic E-state index is 0.0353. The predicted octanol–water partition coefficient (Wildman–Crippen LogP) is 3.26. The molecule has 2 aliphatic rings. The van der Waals surface area contributed by atoms with Crippen LogP contribution >= 0.6 is 11.6 Å². The fourth-order valence-electron chi connectivity index (χ4n) is 4.63. The first-order chi connectivity index (χ1) is 17.8. The minimum atomic E-state index is -0.261. The molecule has 0 saturated carbocycles. The van der Waals surface area contributed by atoms with Crippen molar-refractivity contribution in [1.29, 1.82) is 0 Å². The molecule has 0 spiro atoms. The number of nitrogens with one attached hydrogen (secondary N) is 2. The summed E-state index contributed by atoms with van der Waals surface area (Å²) in [6, 6.07) is 7.50. The fraction of sp³-hybridized carbons (Fsp3) is 0.423. The lowest BCUT2D eigenvalue weighted by molar-refractivity contribution is -0.122. The maximum atomic E-state index is 13.2. The highest BCUT2D eigenvalue weighted by molar-refractivity contribution is 6.33. The summed E-state index contributed by atoms with van der Waals surface area (Å²) in [6.07, 6.45) is 3.35. The zero-order valence-corrected chi connectivity index (χ0v) is 21.9. The highest BCUT2D eigenvalue weighted by atomic mass is 35.5. The van der Waals surface area contributed by atoms with Gasteiger partial charge in [-0.1, -0.05) is 23.7 Å². The number of ether oxygens (including phenoxy) is 1. The molecular weight excluding hydrogens is 494 g/mol. The monoisotopic (exact) mass is 523 g/mol. The number of carbonyl (C=O) groups excluding carboxylic acids is 2. The van der Waals surface area contributed by atoms with E-state index >= 15 is 0 Å². The van der Waals surface area contributed by atoms with Gasteiger partial charge in [0.1, 0.15) is 6.54 Å². The van der Waals surface area contributed by atoms with Crippen LogP contribution < -0.4 is 10.6 Å². The number of aryl methyl sites for hydroxylation is 2. The van der Waals surface area contributed by atoms with Crippen LogP contribution in [-0.2, 0) is 23.1 Å². The van der Waals surface area contributed by atoms with E-state index in [1.54, 1.807) is 21.8 Å². The molecule has 3 aromatic rings. The highest BCUT2D eigenvalue weighted by Crippen LogP contribution is 2.31. The molecule has 0 unspecified atom stereocenters. The van der Waals surface area contributed by atoms with Gasteiger partial charge >= 0.3 is 0 Å². The van der Waals surface area contributed by atoms with Crippen molar-refractivity contribution in [3.05, 3.63) is 58.0 Å². The third-order valence-electron chi connectivity index (χ3n) is 6.85. The summed E-state index contributed by atoms with van der Waals surface area (Å²) in [7, 11) is 1.86. The van der Waals surface area contributed by atoms with Crippen molar-refractivity contribution in [2.45, 2.75) is 45.3 Å². The topological polar surface area (TPSA) is 114 Å². The van der Waals surface area contributed by atoms with Crippen LogP contribution in [0.3, 0.4) is 0 Å². The lowest BCUT2D eigenvalue weighted by Gasteiger charge is -2.23. The van der Waals surface area contributed by atoms with Gasteiger partial charge in [0.25, 0.3) is 5.91 Å². The summed E-state index contributed by atoms with van der Waals surface area (Å²) in [6.45, 7) is 5.59. The Hall–Kier alpha value is -3.50. The molecular formula is C26H30ClN7O3. The van der Waals surface area contributed by atoms with Gasteiger partial charge in [-0.05, 0) is 44.4 Å². The van der Waals surface area contributed by atoms with Crippen LogP contribution in [-0.4, -0.2) is 62.3 Å². The Kier molecular flexibility index (Phi) is 7.12. The van der Waals surface area contributed by atoms with E-state index in [0.717, 1.165) is 35.4 Å². The van der Waals surface area contributed by atoms with Crippen LogP contribution in [0.2, 0.25) is 5.02 Å². The second kappa shape index (κ2) is 10.5. The average Bonchev–Trinajstić information content (AvgIpc) is 3.38. The second-order valence-corrected chi connectivity index (χ2v) is 9.98. The van der Waals surface area contributed by atoms with Gasteiger partial charge in [-0.2, -0.15) is 5.10 Å². The van der Waals surface area contributed by atoms with E-state index in [4.69, 9.17) is 16.3 Å². The zero-order valence-electron chi connectivity index (χ0n) is 21.1. The Morgan fingerprint density at radius 3 is 2.78 bits per heavy atom. The number of halogens is 1. The number of rotatable bonds is 7. The molecule has 2 N–H and O–H groups in total. The molecule has 2 aliphatic heterocycles. The number of amides is 2. The summed E-state index contributed by atoms with van der Waals surface area (Å²) in [5.74, 6) is 0.0626. The molecule has 0 bridgehead atoms. The zero-order chi connectivity index (χ0) is 26.1. The minimum Gasteiger partial charge on any atom is -0.381 e. The molecule has 1 fully saturated rings. The largest absolute Gasteiger partial charge is 0.381 e. The molecule has 2 aromatic heterocycles. The molecule has 1 aromatic carbocycles. The fourth-order valence-corrected chi connectivity index (χ4v) is 4.83. The average molecular weight is 524 g/mol. The second-order valence-electron chi connectivity index (χ2n) is 9.58. The Bertz CT molecular complexity index is 1320. The molecule has 0 aliphatic carbocycles. The normalized spacial score (nSPS) is 16.5. The SMILES string of the molecule is Cc1cc([C@@H](C)NC(=O)CN2Cc3ccc(-c4nc(NC5CCOCC5)ncc4Cl)cc3C2=O)nn1C. The summed E-state index contributed by atoms with van der Waals surface area (Å²) >= 11 is 6.44. The third kappa shape index (κ3) is 5.45. The number of carbonyl (C=O) groups is 2. The summed E-state index contributed by atoms with van der Waals surface area (Å²) in [5, 5.41) is 11.1.